The van der Waals surface area contributed by atoms with E-state index in [2.05, 4.69) is 29.0 Å². The minimum atomic E-state index is -0.639. The summed E-state index contributed by atoms with van der Waals surface area (Å²) in [6, 6.07) is 5.24. The van der Waals surface area contributed by atoms with Crippen molar-refractivity contribution in [2.24, 2.45) is 11.3 Å². The monoisotopic (exact) mass is 562 g/mol. The van der Waals surface area contributed by atoms with Crippen LogP contribution in [-0.2, 0) is 17.6 Å². The number of ether oxygens (including phenoxy) is 1. The maximum Gasteiger partial charge on any atom is 0.268 e. The van der Waals surface area contributed by atoms with Crippen molar-refractivity contribution in [3.8, 4) is 5.75 Å². The van der Waals surface area contributed by atoms with Gasteiger partial charge < -0.3 is 24.8 Å². The lowest BCUT2D eigenvalue weighted by Gasteiger charge is -2.28. The number of H-pyrrole nitrogens is 1. The van der Waals surface area contributed by atoms with Crippen molar-refractivity contribution in [2.45, 2.75) is 84.6 Å². The van der Waals surface area contributed by atoms with Gasteiger partial charge in [0.05, 0.1) is 5.69 Å². The first-order chi connectivity index (χ1) is 19.4. The Morgan fingerprint density at radius 3 is 2.63 bits per heavy atom. The molecule has 8 nitrogen and oxygen atoms in total. The van der Waals surface area contributed by atoms with Gasteiger partial charge in [0.1, 0.15) is 24.1 Å². The Labute approximate surface area is 244 Å². The lowest BCUT2D eigenvalue weighted by molar-refractivity contribution is -0.120. The summed E-state index contributed by atoms with van der Waals surface area (Å²) in [5.74, 6) is 1.16. The summed E-state index contributed by atoms with van der Waals surface area (Å²) in [6.45, 7) is 10.2. The fraction of sp³-hybridized carbons (Fsp3) is 0.606. The van der Waals surface area contributed by atoms with Gasteiger partial charge in [0.25, 0.3) is 5.91 Å². The highest BCUT2D eigenvalue weighted by Crippen LogP contribution is 2.40. The average Bonchev–Trinajstić information content (AvgIpc) is 3.48. The third kappa shape index (κ3) is 6.37. The predicted molar refractivity (Wildman–Crippen MR) is 161 cm³/mol. The number of aromatic nitrogens is 1. The van der Waals surface area contributed by atoms with Crippen molar-refractivity contribution in [2.75, 3.05) is 38.7 Å². The third-order valence-electron chi connectivity index (χ3n) is 8.70. The van der Waals surface area contributed by atoms with Gasteiger partial charge in [0.2, 0.25) is 5.91 Å². The van der Waals surface area contributed by atoms with E-state index in [0.29, 0.717) is 49.6 Å². The van der Waals surface area contributed by atoms with E-state index in [1.807, 2.05) is 51.0 Å². The van der Waals surface area contributed by atoms with Crippen molar-refractivity contribution in [3.63, 3.8) is 0 Å². The third-order valence-corrected chi connectivity index (χ3v) is 8.70. The first-order valence-electron chi connectivity index (χ1n) is 15.2. The number of hydrogen-bond donors (Lipinski definition) is 2. The van der Waals surface area contributed by atoms with Crippen molar-refractivity contribution in [1.29, 1.82) is 0 Å². The molecule has 1 atom stereocenters. The second kappa shape index (κ2) is 11.6. The Hall–Kier alpha value is -3.13. The van der Waals surface area contributed by atoms with Crippen molar-refractivity contribution in [1.82, 2.24) is 15.2 Å². The molecule has 3 aliphatic rings. The summed E-state index contributed by atoms with van der Waals surface area (Å²) >= 11 is 0. The summed E-state index contributed by atoms with van der Waals surface area (Å²) in [7, 11) is 4.03. The average molecular weight is 563 g/mol. The van der Waals surface area contributed by atoms with Crippen LogP contribution < -0.4 is 15.0 Å². The topological polar surface area (TPSA) is 94.7 Å². The first kappa shape index (κ1) is 29.4. The molecule has 1 aromatic carbocycles. The highest BCUT2D eigenvalue weighted by molar-refractivity contribution is 6.07. The summed E-state index contributed by atoms with van der Waals surface area (Å²) in [6.07, 6.45) is 5.80. The standard InChI is InChI=1S/C33H46N4O4/c1-20(2)28-29-24(18-33(3,4)19-26(29)38)34-30(28)31(39)35-23(13-12-21-10-11-21)32(40)37-15-14-22-25(37)8-7-9-27(22)41-17-16-36(5)6/h7-9,20-21,23,34H,10-19H2,1-6H3,(H,35,39). The van der Waals surface area contributed by atoms with E-state index in [1.54, 1.807) is 0 Å². The molecule has 2 N–H and O–H groups in total. The van der Waals surface area contributed by atoms with Crippen LogP contribution in [0.15, 0.2) is 18.2 Å². The smallest absolute Gasteiger partial charge is 0.268 e. The van der Waals surface area contributed by atoms with Crippen LogP contribution >= 0.6 is 0 Å². The Morgan fingerprint density at radius 2 is 1.95 bits per heavy atom. The molecule has 2 amide bonds. The number of hydrogen-bond acceptors (Lipinski definition) is 5. The molecule has 0 radical (unpaired) electrons. The molecule has 1 aliphatic heterocycles. The fourth-order valence-corrected chi connectivity index (χ4v) is 6.43. The molecule has 1 fully saturated rings. The number of nitrogens with one attached hydrogen (secondary N) is 2. The predicted octanol–water partition coefficient (Wildman–Crippen LogP) is 5.11. The Kier molecular flexibility index (Phi) is 8.33. The maximum absolute atomic E-state index is 14.1. The summed E-state index contributed by atoms with van der Waals surface area (Å²) in [5.41, 5.74) is 4.49. The number of amides is 2. The SMILES string of the molecule is CC(C)c1c(C(=O)NC(CCC2CC2)C(=O)N2CCc3c(OCCN(C)C)cccc32)[nH]c2c1C(=O)CC(C)(C)C2. The molecule has 5 rings (SSSR count). The quantitative estimate of drug-likeness (QED) is 0.397. The molecular weight excluding hydrogens is 516 g/mol. The molecule has 0 saturated heterocycles. The van der Waals surface area contributed by atoms with Crippen molar-refractivity contribution >= 4 is 23.3 Å². The number of likely N-dealkylation sites (N-methyl/N-ethyl adjacent to an activating group) is 1. The van der Waals surface area contributed by atoms with Crippen LogP contribution in [0.2, 0.25) is 0 Å². The van der Waals surface area contributed by atoms with Crippen LogP contribution in [0.4, 0.5) is 5.69 Å². The van der Waals surface area contributed by atoms with Gasteiger partial charge in [-0.05, 0) is 74.7 Å². The van der Waals surface area contributed by atoms with Gasteiger partial charge in [-0.25, -0.2) is 0 Å². The van der Waals surface area contributed by atoms with Crippen molar-refractivity contribution in [3.05, 3.63) is 46.3 Å². The second-order valence-electron chi connectivity index (χ2n) is 13.6. The summed E-state index contributed by atoms with van der Waals surface area (Å²) in [4.78, 5) is 48.3. The van der Waals surface area contributed by atoms with Crippen LogP contribution in [0.5, 0.6) is 5.75 Å². The van der Waals surface area contributed by atoms with E-state index < -0.39 is 6.04 Å². The highest BCUT2D eigenvalue weighted by atomic mass is 16.5. The lowest BCUT2D eigenvalue weighted by atomic mass is 9.74. The molecule has 8 heteroatoms. The minimum Gasteiger partial charge on any atom is -0.492 e. The number of aromatic amines is 1. The number of ketones is 1. The number of Topliss-reactive ketones (excluding diaryl/α,β-unsaturated/α-hetero) is 1. The zero-order valence-corrected chi connectivity index (χ0v) is 25.6. The van der Waals surface area contributed by atoms with Gasteiger partial charge >= 0.3 is 0 Å². The molecule has 222 valence electrons. The molecular formula is C33H46N4O4. The molecule has 2 heterocycles. The van der Waals surface area contributed by atoms with Crippen LogP contribution in [0, 0.1) is 11.3 Å². The number of fused-ring (bicyclic) bond motifs is 2. The number of rotatable bonds is 11. The first-order valence-corrected chi connectivity index (χ1v) is 15.2. The van der Waals surface area contributed by atoms with Gasteiger partial charge in [-0.3, -0.25) is 14.4 Å². The van der Waals surface area contributed by atoms with E-state index in [1.165, 1.54) is 12.8 Å². The van der Waals surface area contributed by atoms with Crippen LogP contribution in [0.25, 0.3) is 0 Å². The van der Waals surface area contributed by atoms with Gasteiger partial charge in [-0.2, -0.15) is 0 Å². The van der Waals surface area contributed by atoms with Gasteiger partial charge in [0, 0.05) is 36.3 Å². The fourth-order valence-electron chi connectivity index (χ4n) is 6.43. The molecule has 1 unspecified atom stereocenters. The Bertz CT molecular complexity index is 1320. The molecule has 2 aromatic rings. The maximum atomic E-state index is 14.1. The van der Waals surface area contributed by atoms with E-state index in [-0.39, 0.29) is 28.9 Å². The molecule has 0 bridgehead atoms. The second-order valence-corrected chi connectivity index (χ2v) is 13.6. The molecule has 1 aromatic heterocycles. The van der Waals surface area contributed by atoms with Crippen LogP contribution in [0.3, 0.4) is 0 Å². The van der Waals surface area contributed by atoms with Gasteiger partial charge in [-0.1, -0.05) is 46.6 Å². The number of carbonyl (C=O) groups excluding carboxylic acids is 3. The van der Waals surface area contributed by atoms with E-state index in [9.17, 15) is 14.4 Å². The summed E-state index contributed by atoms with van der Waals surface area (Å²) < 4.78 is 6.08. The molecule has 0 spiro atoms. The van der Waals surface area contributed by atoms with E-state index in [4.69, 9.17) is 4.74 Å². The molecule has 1 saturated carbocycles. The number of anilines is 1. The zero-order valence-electron chi connectivity index (χ0n) is 25.6. The number of benzene rings is 1. The van der Waals surface area contributed by atoms with Gasteiger partial charge in [-0.15, -0.1) is 0 Å². The lowest BCUT2D eigenvalue weighted by Crippen LogP contribution is -2.48. The van der Waals surface area contributed by atoms with Crippen LogP contribution in [0.1, 0.15) is 103 Å². The molecule has 41 heavy (non-hydrogen) atoms. The normalized spacial score (nSPS) is 18.4. The summed E-state index contributed by atoms with van der Waals surface area (Å²) in [5, 5.41) is 3.12. The van der Waals surface area contributed by atoms with Crippen molar-refractivity contribution < 1.29 is 19.1 Å². The van der Waals surface area contributed by atoms with Gasteiger partial charge in [0.15, 0.2) is 5.78 Å². The van der Waals surface area contributed by atoms with E-state index >= 15 is 0 Å². The number of nitrogens with zero attached hydrogens (tertiary/aromatic N) is 2. The minimum absolute atomic E-state index is 0.00194. The van der Waals surface area contributed by atoms with E-state index in [0.717, 1.165) is 47.6 Å². The Morgan fingerprint density at radius 1 is 1.20 bits per heavy atom. The molecule has 2 aliphatic carbocycles. The highest BCUT2D eigenvalue weighted by Gasteiger charge is 2.39. The number of carbonyl (C=O) groups is 3. The zero-order chi connectivity index (χ0) is 29.5. The largest absolute Gasteiger partial charge is 0.492 e. The Balaban J connectivity index is 1.39. The van der Waals surface area contributed by atoms with Crippen LogP contribution in [-0.4, -0.2) is 67.3 Å².